The fourth-order valence-corrected chi connectivity index (χ4v) is 1.56. The molecule has 4 nitrogen and oxygen atoms in total. The van der Waals surface area contributed by atoms with Crippen LogP contribution in [0.4, 0.5) is 0 Å². The van der Waals surface area contributed by atoms with Crippen LogP contribution >= 0.6 is 0 Å². The monoisotopic (exact) mass is 217 g/mol. The molecule has 0 aromatic carbocycles. The highest BCUT2D eigenvalue weighted by atomic mass is 16.5. The Labute approximate surface area is 94.7 Å². The number of pyridine rings is 1. The molecule has 0 bridgehead atoms. The Kier molecular flexibility index (Phi) is 3.22. The average Bonchev–Trinajstić information content (AvgIpc) is 2.77. The van der Waals surface area contributed by atoms with Crippen LogP contribution in [0.1, 0.15) is 11.3 Å². The van der Waals surface area contributed by atoms with Crippen LogP contribution in [0.2, 0.25) is 0 Å². The summed E-state index contributed by atoms with van der Waals surface area (Å²) in [7, 11) is 1.62. The third kappa shape index (κ3) is 2.41. The Bertz CT molecular complexity index is 465. The van der Waals surface area contributed by atoms with E-state index in [4.69, 9.17) is 10.5 Å². The minimum absolute atomic E-state index is 0.568. The summed E-state index contributed by atoms with van der Waals surface area (Å²) < 4.78 is 7.14. The van der Waals surface area contributed by atoms with Gasteiger partial charge in [0.25, 0.3) is 0 Å². The lowest BCUT2D eigenvalue weighted by Crippen LogP contribution is -2.00. The van der Waals surface area contributed by atoms with Gasteiger partial charge in [0.15, 0.2) is 0 Å². The van der Waals surface area contributed by atoms with E-state index in [1.54, 1.807) is 7.11 Å². The highest BCUT2D eigenvalue weighted by Gasteiger charge is 1.99. The number of methoxy groups -OCH3 is 1. The number of nitrogens with zero attached hydrogens (tertiary/aromatic N) is 2. The van der Waals surface area contributed by atoms with Crippen molar-refractivity contribution in [3.05, 3.63) is 47.9 Å². The quantitative estimate of drug-likeness (QED) is 0.842. The molecule has 2 aromatic heterocycles. The van der Waals surface area contributed by atoms with Crippen molar-refractivity contribution in [2.75, 3.05) is 7.11 Å². The number of ether oxygens (including phenoxy) is 1. The van der Waals surface area contributed by atoms with Crippen molar-refractivity contribution < 1.29 is 4.74 Å². The average molecular weight is 217 g/mol. The maximum atomic E-state index is 5.55. The van der Waals surface area contributed by atoms with Crippen molar-refractivity contribution in [1.29, 1.82) is 0 Å². The molecule has 16 heavy (non-hydrogen) atoms. The Morgan fingerprint density at radius 2 is 2.25 bits per heavy atom. The Hall–Kier alpha value is -1.81. The van der Waals surface area contributed by atoms with E-state index in [0.29, 0.717) is 12.4 Å². The standard InChI is InChI=1S/C12H15N3O/c1-16-12-4-2-3-11(14-12)9-15-6-5-10(7-13)8-15/h2-6,8H,7,9,13H2,1H3. The van der Waals surface area contributed by atoms with Crippen LogP contribution in [0, 0.1) is 0 Å². The molecule has 84 valence electrons. The molecule has 0 spiro atoms. The van der Waals surface area contributed by atoms with Crippen molar-refractivity contribution in [1.82, 2.24) is 9.55 Å². The number of hydrogen-bond acceptors (Lipinski definition) is 3. The highest BCUT2D eigenvalue weighted by Crippen LogP contribution is 2.09. The van der Waals surface area contributed by atoms with Crippen LogP contribution in [0.15, 0.2) is 36.7 Å². The van der Waals surface area contributed by atoms with E-state index in [1.807, 2.05) is 36.7 Å². The van der Waals surface area contributed by atoms with Gasteiger partial charge in [-0.2, -0.15) is 0 Å². The molecule has 0 saturated heterocycles. The molecule has 4 heteroatoms. The normalized spacial score (nSPS) is 10.4. The van der Waals surface area contributed by atoms with Crippen LogP contribution in [-0.2, 0) is 13.1 Å². The maximum Gasteiger partial charge on any atom is 0.213 e. The largest absolute Gasteiger partial charge is 0.481 e. The fraction of sp³-hybridized carbons (Fsp3) is 0.250. The lowest BCUT2D eigenvalue weighted by molar-refractivity contribution is 0.396. The summed E-state index contributed by atoms with van der Waals surface area (Å²) in [4.78, 5) is 4.35. The van der Waals surface area contributed by atoms with E-state index >= 15 is 0 Å². The molecule has 0 amide bonds. The topological polar surface area (TPSA) is 53.1 Å². The molecule has 2 heterocycles. The molecule has 0 aliphatic rings. The molecule has 0 aliphatic carbocycles. The first-order valence-corrected chi connectivity index (χ1v) is 5.16. The van der Waals surface area contributed by atoms with E-state index in [1.165, 1.54) is 0 Å². The lowest BCUT2D eigenvalue weighted by atomic mass is 10.3. The molecular weight excluding hydrogens is 202 g/mol. The number of hydrogen-bond donors (Lipinski definition) is 1. The molecule has 2 rings (SSSR count). The summed E-state index contributed by atoms with van der Waals surface area (Å²) in [6.45, 7) is 1.30. The van der Waals surface area contributed by atoms with Gasteiger partial charge in [-0.3, -0.25) is 0 Å². The predicted octanol–water partition coefficient (Wildman–Crippen LogP) is 1.40. The van der Waals surface area contributed by atoms with Gasteiger partial charge in [-0.15, -0.1) is 0 Å². The summed E-state index contributed by atoms with van der Waals surface area (Å²) in [5.41, 5.74) is 7.65. The predicted molar refractivity (Wildman–Crippen MR) is 62.2 cm³/mol. The van der Waals surface area contributed by atoms with Crippen molar-refractivity contribution in [3.8, 4) is 5.88 Å². The van der Waals surface area contributed by atoms with E-state index < -0.39 is 0 Å². The molecule has 0 aliphatic heterocycles. The fourth-order valence-electron chi connectivity index (χ4n) is 1.56. The first-order valence-electron chi connectivity index (χ1n) is 5.16. The van der Waals surface area contributed by atoms with Gasteiger partial charge in [0.05, 0.1) is 19.3 Å². The van der Waals surface area contributed by atoms with Crippen molar-refractivity contribution in [3.63, 3.8) is 0 Å². The summed E-state index contributed by atoms with van der Waals surface area (Å²) >= 11 is 0. The van der Waals surface area contributed by atoms with Crippen molar-refractivity contribution in [2.24, 2.45) is 5.73 Å². The van der Waals surface area contributed by atoms with E-state index in [2.05, 4.69) is 9.55 Å². The Balaban J connectivity index is 2.13. The zero-order valence-corrected chi connectivity index (χ0v) is 9.26. The van der Waals surface area contributed by atoms with Gasteiger partial charge in [-0.25, -0.2) is 4.98 Å². The second kappa shape index (κ2) is 4.81. The Morgan fingerprint density at radius 3 is 2.94 bits per heavy atom. The van der Waals surface area contributed by atoms with Crippen LogP contribution in [-0.4, -0.2) is 16.7 Å². The molecule has 2 N–H and O–H groups in total. The number of nitrogens with two attached hydrogens (primary N) is 1. The van der Waals surface area contributed by atoms with E-state index in [0.717, 1.165) is 17.8 Å². The Morgan fingerprint density at radius 1 is 1.38 bits per heavy atom. The third-order valence-electron chi connectivity index (χ3n) is 2.38. The van der Waals surface area contributed by atoms with Gasteiger partial charge in [0.1, 0.15) is 0 Å². The molecule has 0 unspecified atom stereocenters. The number of rotatable bonds is 4. The molecule has 0 radical (unpaired) electrons. The van der Waals surface area contributed by atoms with Gasteiger partial charge < -0.3 is 15.0 Å². The smallest absolute Gasteiger partial charge is 0.213 e. The van der Waals surface area contributed by atoms with Crippen molar-refractivity contribution >= 4 is 0 Å². The van der Waals surface area contributed by atoms with Gasteiger partial charge in [0.2, 0.25) is 5.88 Å². The van der Waals surface area contributed by atoms with Crippen LogP contribution in [0.3, 0.4) is 0 Å². The summed E-state index contributed by atoms with van der Waals surface area (Å²) in [5, 5.41) is 0. The van der Waals surface area contributed by atoms with Gasteiger partial charge in [-0.1, -0.05) is 6.07 Å². The van der Waals surface area contributed by atoms with Crippen molar-refractivity contribution in [2.45, 2.75) is 13.1 Å². The third-order valence-corrected chi connectivity index (χ3v) is 2.38. The first kappa shape index (κ1) is 10.7. The van der Waals surface area contributed by atoms with Gasteiger partial charge >= 0.3 is 0 Å². The molecular formula is C12H15N3O. The molecule has 2 aromatic rings. The van der Waals surface area contributed by atoms with E-state index in [-0.39, 0.29) is 0 Å². The molecule has 0 saturated carbocycles. The first-order chi connectivity index (χ1) is 7.81. The summed E-state index contributed by atoms with van der Waals surface area (Å²) in [5.74, 6) is 0.642. The highest BCUT2D eigenvalue weighted by molar-refractivity contribution is 5.17. The molecule has 0 atom stereocenters. The summed E-state index contributed by atoms with van der Waals surface area (Å²) in [6.07, 6.45) is 4.03. The van der Waals surface area contributed by atoms with Crippen LogP contribution < -0.4 is 10.5 Å². The second-order valence-electron chi connectivity index (χ2n) is 3.57. The zero-order valence-electron chi connectivity index (χ0n) is 9.26. The SMILES string of the molecule is COc1cccc(Cn2ccc(CN)c2)n1. The minimum Gasteiger partial charge on any atom is -0.481 e. The second-order valence-corrected chi connectivity index (χ2v) is 3.57. The van der Waals surface area contributed by atoms with Gasteiger partial charge in [0, 0.05) is 25.0 Å². The molecule has 0 fully saturated rings. The van der Waals surface area contributed by atoms with Crippen LogP contribution in [0.5, 0.6) is 5.88 Å². The lowest BCUT2D eigenvalue weighted by Gasteiger charge is -2.04. The van der Waals surface area contributed by atoms with Crippen LogP contribution in [0.25, 0.3) is 0 Å². The maximum absolute atomic E-state index is 5.55. The number of aromatic nitrogens is 2. The van der Waals surface area contributed by atoms with Gasteiger partial charge in [-0.05, 0) is 17.7 Å². The zero-order chi connectivity index (χ0) is 11.4. The van der Waals surface area contributed by atoms with E-state index in [9.17, 15) is 0 Å². The summed E-state index contributed by atoms with van der Waals surface area (Å²) in [6, 6.07) is 7.77. The minimum atomic E-state index is 0.568.